The van der Waals surface area contributed by atoms with E-state index in [0.717, 1.165) is 5.56 Å². The molecule has 1 aromatic heterocycles. The largest absolute Gasteiger partial charge is 0.271 e. The summed E-state index contributed by atoms with van der Waals surface area (Å²) in [5.74, 6) is 5.32. The second-order valence-corrected chi connectivity index (χ2v) is 5.06. The van der Waals surface area contributed by atoms with Gasteiger partial charge in [-0.3, -0.25) is 11.3 Å². The van der Waals surface area contributed by atoms with Crippen LogP contribution < -0.4 is 11.3 Å². The van der Waals surface area contributed by atoms with Crippen molar-refractivity contribution in [2.45, 2.75) is 19.4 Å². The summed E-state index contributed by atoms with van der Waals surface area (Å²) < 4.78 is 13.7. The summed E-state index contributed by atoms with van der Waals surface area (Å²) in [6.07, 6.45) is 0.703. The molecule has 3 N–H and O–H groups in total. The highest BCUT2D eigenvalue weighted by Gasteiger charge is 2.15. The molecule has 90 valence electrons. The van der Waals surface area contributed by atoms with Crippen LogP contribution in [0.1, 0.15) is 22.0 Å². The van der Waals surface area contributed by atoms with Crippen LogP contribution in [0, 0.1) is 12.7 Å². The van der Waals surface area contributed by atoms with Gasteiger partial charge in [-0.25, -0.2) is 4.39 Å². The van der Waals surface area contributed by atoms with Gasteiger partial charge in [0.1, 0.15) is 5.82 Å². The standard InChI is InChI=1S/C13H15FN2S/c1-9-4-5-12(14)11(7-9)13(16-15)8-10-3-2-6-17-10/h2-7,13,16H,8,15H2,1H3. The van der Waals surface area contributed by atoms with E-state index in [9.17, 15) is 4.39 Å². The van der Waals surface area contributed by atoms with Gasteiger partial charge in [0.25, 0.3) is 0 Å². The van der Waals surface area contributed by atoms with Gasteiger partial charge in [-0.2, -0.15) is 0 Å². The lowest BCUT2D eigenvalue weighted by molar-refractivity contribution is 0.512. The smallest absolute Gasteiger partial charge is 0.128 e. The minimum Gasteiger partial charge on any atom is -0.271 e. The molecule has 0 aliphatic heterocycles. The maximum Gasteiger partial charge on any atom is 0.128 e. The zero-order valence-corrected chi connectivity index (χ0v) is 10.4. The molecule has 1 aromatic carbocycles. The summed E-state index contributed by atoms with van der Waals surface area (Å²) in [5, 5.41) is 2.01. The van der Waals surface area contributed by atoms with Crippen molar-refractivity contribution in [3.63, 3.8) is 0 Å². The molecule has 0 aliphatic carbocycles. The number of hydrogen-bond donors (Lipinski definition) is 2. The number of benzene rings is 1. The first-order valence-corrected chi connectivity index (χ1v) is 6.33. The van der Waals surface area contributed by atoms with Crippen LogP contribution in [-0.4, -0.2) is 0 Å². The molecule has 17 heavy (non-hydrogen) atoms. The predicted molar refractivity (Wildman–Crippen MR) is 69.2 cm³/mol. The number of nitrogens with one attached hydrogen (secondary N) is 1. The van der Waals surface area contributed by atoms with Crippen molar-refractivity contribution in [2.24, 2.45) is 5.84 Å². The highest BCUT2D eigenvalue weighted by atomic mass is 32.1. The molecular weight excluding hydrogens is 235 g/mol. The van der Waals surface area contributed by atoms with E-state index >= 15 is 0 Å². The Labute approximate surface area is 104 Å². The second-order valence-electron chi connectivity index (χ2n) is 4.03. The molecule has 0 radical (unpaired) electrons. The third kappa shape index (κ3) is 2.91. The van der Waals surface area contributed by atoms with Crippen LogP contribution in [0.3, 0.4) is 0 Å². The summed E-state index contributed by atoms with van der Waals surface area (Å²) in [6, 6.07) is 8.92. The van der Waals surface area contributed by atoms with E-state index in [0.29, 0.717) is 12.0 Å². The number of hydrogen-bond acceptors (Lipinski definition) is 3. The molecule has 1 unspecified atom stereocenters. The third-order valence-corrected chi connectivity index (χ3v) is 3.61. The van der Waals surface area contributed by atoms with Crippen LogP contribution in [0.4, 0.5) is 4.39 Å². The maximum absolute atomic E-state index is 13.7. The lowest BCUT2D eigenvalue weighted by Crippen LogP contribution is -2.30. The summed E-state index contributed by atoms with van der Waals surface area (Å²) in [4.78, 5) is 1.19. The molecule has 0 amide bonds. The van der Waals surface area contributed by atoms with Crippen molar-refractivity contribution < 1.29 is 4.39 Å². The molecule has 0 saturated heterocycles. The van der Waals surface area contributed by atoms with Crippen LogP contribution in [0.15, 0.2) is 35.7 Å². The summed E-state index contributed by atoms with van der Waals surface area (Å²) in [7, 11) is 0. The first kappa shape index (κ1) is 12.2. The molecule has 4 heteroatoms. The van der Waals surface area contributed by atoms with Gasteiger partial charge in [-0.05, 0) is 24.4 Å². The zero-order chi connectivity index (χ0) is 12.3. The molecule has 0 bridgehead atoms. The van der Waals surface area contributed by atoms with E-state index < -0.39 is 0 Å². The fraction of sp³-hybridized carbons (Fsp3) is 0.231. The Balaban J connectivity index is 2.25. The molecule has 1 atom stereocenters. The van der Waals surface area contributed by atoms with Crippen molar-refractivity contribution in [1.82, 2.24) is 5.43 Å². The Morgan fingerprint density at radius 3 is 2.88 bits per heavy atom. The number of nitrogens with two attached hydrogens (primary N) is 1. The maximum atomic E-state index is 13.7. The minimum atomic E-state index is -0.213. The number of thiophene rings is 1. The average molecular weight is 250 g/mol. The molecule has 0 spiro atoms. The molecule has 0 saturated carbocycles. The monoisotopic (exact) mass is 250 g/mol. The number of aryl methyl sites for hydroxylation is 1. The molecular formula is C13H15FN2S. The Kier molecular flexibility index (Phi) is 3.89. The van der Waals surface area contributed by atoms with Crippen molar-refractivity contribution >= 4 is 11.3 Å². The SMILES string of the molecule is Cc1ccc(F)c(C(Cc2cccs2)NN)c1. The summed E-state index contributed by atoms with van der Waals surface area (Å²) >= 11 is 1.65. The van der Waals surface area contributed by atoms with Gasteiger partial charge >= 0.3 is 0 Å². The molecule has 0 fully saturated rings. The Morgan fingerprint density at radius 2 is 2.24 bits per heavy atom. The fourth-order valence-corrected chi connectivity index (χ4v) is 2.57. The van der Waals surface area contributed by atoms with Gasteiger partial charge in [0.15, 0.2) is 0 Å². The van der Waals surface area contributed by atoms with Crippen LogP contribution >= 0.6 is 11.3 Å². The van der Waals surface area contributed by atoms with Gasteiger partial charge in [-0.15, -0.1) is 11.3 Å². The first-order chi connectivity index (χ1) is 8.20. The van der Waals surface area contributed by atoms with E-state index in [1.54, 1.807) is 17.4 Å². The van der Waals surface area contributed by atoms with E-state index in [4.69, 9.17) is 5.84 Å². The van der Waals surface area contributed by atoms with Gasteiger partial charge in [0.05, 0.1) is 6.04 Å². The molecule has 1 heterocycles. The summed E-state index contributed by atoms with van der Waals surface area (Å²) in [5.41, 5.74) is 4.35. The van der Waals surface area contributed by atoms with Crippen LogP contribution in [-0.2, 0) is 6.42 Å². The third-order valence-electron chi connectivity index (χ3n) is 2.71. The van der Waals surface area contributed by atoms with Gasteiger partial charge < -0.3 is 0 Å². The Morgan fingerprint density at radius 1 is 1.41 bits per heavy atom. The number of rotatable bonds is 4. The van der Waals surface area contributed by atoms with E-state index in [1.807, 2.05) is 30.5 Å². The van der Waals surface area contributed by atoms with Crippen LogP contribution in [0.5, 0.6) is 0 Å². The van der Waals surface area contributed by atoms with Gasteiger partial charge in [-0.1, -0.05) is 23.8 Å². The lowest BCUT2D eigenvalue weighted by atomic mass is 10.0. The molecule has 2 aromatic rings. The fourth-order valence-electron chi connectivity index (χ4n) is 1.82. The topological polar surface area (TPSA) is 38.0 Å². The lowest BCUT2D eigenvalue weighted by Gasteiger charge is -2.16. The van der Waals surface area contributed by atoms with E-state index in [1.165, 1.54) is 10.9 Å². The van der Waals surface area contributed by atoms with Gasteiger partial charge in [0.2, 0.25) is 0 Å². The average Bonchev–Trinajstić information content (AvgIpc) is 2.82. The number of halogens is 1. The first-order valence-electron chi connectivity index (χ1n) is 5.45. The van der Waals surface area contributed by atoms with Crippen LogP contribution in [0.2, 0.25) is 0 Å². The number of hydrazine groups is 1. The van der Waals surface area contributed by atoms with Crippen molar-refractivity contribution in [3.8, 4) is 0 Å². The minimum absolute atomic E-state index is 0.187. The molecule has 2 rings (SSSR count). The predicted octanol–water partition coefficient (Wildman–Crippen LogP) is 2.94. The highest BCUT2D eigenvalue weighted by Crippen LogP contribution is 2.23. The van der Waals surface area contributed by atoms with E-state index in [2.05, 4.69) is 5.43 Å². The van der Waals surface area contributed by atoms with E-state index in [-0.39, 0.29) is 11.9 Å². The molecule has 2 nitrogen and oxygen atoms in total. The van der Waals surface area contributed by atoms with Crippen molar-refractivity contribution in [1.29, 1.82) is 0 Å². The summed E-state index contributed by atoms with van der Waals surface area (Å²) in [6.45, 7) is 1.95. The normalized spacial score (nSPS) is 12.6. The Hall–Kier alpha value is -1.23. The van der Waals surface area contributed by atoms with Crippen LogP contribution in [0.25, 0.3) is 0 Å². The van der Waals surface area contributed by atoms with Crippen molar-refractivity contribution in [3.05, 3.63) is 57.5 Å². The van der Waals surface area contributed by atoms with Gasteiger partial charge in [0, 0.05) is 16.9 Å². The van der Waals surface area contributed by atoms with Crippen molar-refractivity contribution in [2.75, 3.05) is 0 Å². The quantitative estimate of drug-likeness (QED) is 0.647. The Bertz CT molecular complexity index is 482. The highest BCUT2D eigenvalue weighted by molar-refractivity contribution is 7.09. The second kappa shape index (κ2) is 5.40. The zero-order valence-electron chi connectivity index (χ0n) is 9.61. The molecule has 0 aliphatic rings.